The Balaban J connectivity index is 2.46. The molecule has 1 amide bonds. The molecule has 0 spiro atoms. The summed E-state index contributed by atoms with van der Waals surface area (Å²) in [5.41, 5.74) is 6.69. The molecule has 0 heterocycles. The van der Waals surface area contributed by atoms with Crippen LogP contribution in [0.1, 0.15) is 44.7 Å². The van der Waals surface area contributed by atoms with Crippen LogP contribution in [0.5, 0.6) is 0 Å². The molecular formula is C14H21FN2O. The first-order valence-electron chi connectivity index (χ1n) is 6.33. The fourth-order valence-corrected chi connectivity index (χ4v) is 1.85. The molecule has 0 aliphatic heterocycles. The van der Waals surface area contributed by atoms with Gasteiger partial charge in [-0.15, -0.1) is 0 Å². The van der Waals surface area contributed by atoms with Crippen LogP contribution in [0.4, 0.5) is 4.39 Å². The van der Waals surface area contributed by atoms with Gasteiger partial charge in [-0.25, -0.2) is 4.39 Å². The van der Waals surface area contributed by atoms with Gasteiger partial charge in [0.15, 0.2) is 0 Å². The van der Waals surface area contributed by atoms with Gasteiger partial charge in [0.05, 0.1) is 6.04 Å². The van der Waals surface area contributed by atoms with Crippen molar-refractivity contribution in [2.75, 3.05) is 0 Å². The predicted molar refractivity (Wildman–Crippen MR) is 70.5 cm³/mol. The van der Waals surface area contributed by atoms with E-state index in [4.69, 9.17) is 5.73 Å². The minimum Gasteiger partial charge on any atom is -0.350 e. The summed E-state index contributed by atoms with van der Waals surface area (Å²) in [6.07, 6.45) is 2.15. The molecule has 1 rings (SSSR count). The van der Waals surface area contributed by atoms with Crippen LogP contribution in [0.25, 0.3) is 0 Å². The SMILES string of the molecule is CCCC(N)CC(=O)N[C@H](C)c1ccc(F)cc1. The molecule has 0 saturated carbocycles. The molecule has 0 saturated heterocycles. The molecule has 18 heavy (non-hydrogen) atoms. The molecule has 3 nitrogen and oxygen atoms in total. The highest BCUT2D eigenvalue weighted by Gasteiger charge is 2.12. The Kier molecular flexibility index (Phi) is 5.78. The van der Waals surface area contributed by atoms with E-state index in [-0.39, 0.29) is 23.8 Å². The van der Waals surface area contributed by atoms with Crippen LogP contribution in [-0.2, 0) is 4.79 Å². The van der Waals surface area contributed by atoms with Gasteiger partial charge in [0.2, 0.25) is 5.91 Å². The Morgan fingerprint density at radius 2 is 2.00 bits per heavy atom. The van der Waals surface area contributed by atoms with Gasteiger partial charge in [0, 0.05) is 12.5 Å². The minimum atomic E-state index is -0.276. The van der Waals surface area contributed by atoms with Gasteiger partial charge in [-0.05, 0) is 31.0 Å². The van der Waals surface area contributed by atoms with Crippen molar-refractivity contribution >= 4 is 5.91 Å². The van der Waals surface area contributed by atoms with Crippen molar-refractivity contribution in [1.29, 1.82) is 0 Å². The molecule has 0 bridgehead atoms. The molecule has 0 fully saturated rings. The number of carbonyl (C=O) groups excluding carboxylic acids is 1. The van der Waals surface area contributed by atoms with Crippen molar-refractivity contribution in [3.63, 3.8) is 0 Å². The number of hydrogen-bond acceptors (Lipinski definition) is 2. The summed E-state index contributed by atoms with van der Waals surface area (Å²) in [5.74, 6) is -0.338. The van der Waals surface area contributed by atoms with Crippen molar-refractivity contribution in [2.24, 2.45) is 5.73 Å². The summed E-state index contributed by atoms with van der Waals surface area (Å²) in [6.45, 7) is 3.91. The van der Waals surface area contributed by atoms with Crippen molar-refractivity contribution in [3.05, 3.63) is 35.6 Å². The summed E-state index contributed by atoms with van der Waals surface area (Å²) in [5, 5.41) is 2.86. The fourth-order valence-electron chi connectivity index (χ4n) is 1.85. The van der Waals surface area contributed by atoms with Crippen LogP contribution < -0.4 is 11.1 Å². The van der Waals surface area contributed by atoms with Crippen LogP contribution >= 0.6 is 0 Å². The molecule has 0 aromatic heterocycles. The zero-order valence-corrected chi connectivity index (χ0v) is 10.9. The lowest BCUT2D eigenvalue weighted by Gasteiger charge is -2.16. The van der Waals surface area contributed by atoms with Gasteiger partial charge < -0.3 is 11.1 Å². The lowest BCUT2D eigenvalue weighted by atomic mass is 10.1. The van der Waals surface area contributed by atoms with Gasteiger partial charge in [-0.1, -0.05) is 25.5 Å². The van der Waals surface area contributed by atoms with Crippen LogP contribution in [0.3, 0.4) is 0 Å². The van der Waals surface area contributed by atoms with Gasteiger partial charge in [-0.3, -0.25) is 4.79 Å². The number of carbonyl (C=O) groups is 1. The molecule has 100 valence electrons. The first kappa shape index (κ1) is 14.6. The van der Waals surface area contributed by atoms with E-state index in [2.05, 4.69) is 5.32 Å². The fraction of sp³-hybridized carbons (Fsp3) is 0.500. The van der Waals surface area contributed by atoms with Gasteiger partial charge in [-0.2, -0.15) is 0 Å². The normalized spacial score (nSPS) is 14.0. The Bertz CT molecular complexity index is 378. The predicted octanol–water partition coefficient (Wildman–Crippen LogP) is 2.52. The molecule has 1 aromatic carbocycles. The minimum absolute atomic E-state index is 0.0622. The number of amides is 1. The number of halogens is 1. The maximum atomic E-state index is 12.8. The van der Waals surface area contributed by atoms with Crippen molar-refractivity contribution in [3.8, 4) is 0 Å². The number of nitrogens with one attached hydrogen (secondary N) is 1. The average Bonchev–Trinajstić information content (AvgIpc) is 2.29. The topological polar surface area (TPSA) is 55.1 Å². The Labute approximate surface area is 108 Å². The Morgan fingerprint density at radius 1 is 1.39 bits per heavy atom. The van der Waals surface area contributed by atoms with E-state index < -0.39 is 0 Å². The average molecular weight is 252 g/mol. The van der Waals surface area contributed by atoms with E-state index in [1.165, 1.54) is 12.1 Å². The third-order valence-corrected chi connectivity index (χ3v) is 2.85. The van der Waals surface area contributed by atoms with Crippen molar-refractivity contribution < 1.29 is 9.18 Å². The zero-order chi connectivity index (χ0) is 13.5. The molecular weight excluding hydrogens is 231 g/mol. The summed E-state index contributed by atoms with van der Waals surface area (Å²) >= 11 is 0. The lowest BCUT2D eigenvalue weighted by Crippen LogP contribution is -2.33. The maximum Gasteiger partial charge on any atom is 0.222 e. The van der Waals surface area contributed by atoms with E-state index >= 15 is 0 Å². The molecule has 0 radical (unpaired) electrons. The van der Waals surface area contributed by atoms with E-state index in [1.807, 2.05) is 13.8 Å². The number of rotatable bonds is 6. The molecule has 1 unspecified atom stereocenters. The smallest absolute Gasteiger partial charge is 0.222 e. The second-order valence-electron chi connectivity index (χ2n) is 4.59. The second-order valence-corrected chi connectivity index (χ2v) is 4.59. The third-order valence-electron chi connectivity index (χ3n) is 2.85. The molecule has 4 heteroatoms. The van der Waals surface area contributed by atoms with Gasteiger partial charge in [0.1, 0.15) is 5.82 Å². The summed E-state index contributed by atoms with van der Waals surface area (Å²) < 4.78 is 12.8. The zero-order valence-electron chi connectivity index (χ0n) is 10.9. The summed E-state index contributed by atoms with van der Waals surface area (Å²) in [4.78, 5) is 11.7. The first-order valence-corrected chi connectivity index (χ1v) is 6.33. The number of benzene rings is 1. The van der Waals surface area contributed by atoms with Crippen LogP contribution in [0, 0.1) is 5.82 Å². The Morgan fingerprint density at radius 3 is 2.56 bits per heavy atom. The highest BCUT2D eigenvalue weighted by Crippen LogP contribution is 2.13. The molecule has 2 atom stereocenters. The standard InChI is InChI=1S/C14H21FN2O/c1-3-4-13(16)9-14(18)17-10(2)11-5-7-12(15)8-6-11/h5-8,10,13H,3-4,9,16H2,1-2H3,(H,17,18)/t10-,13?/m1/s1. The lowest BCUT2D eigenvalue weighted by molar-refractivity contribution is -0.122. The monoisotopic (exact) mass is 252 g/mol. The number of nitrogens with two attached hydrogens (primary N) is 1. The van der Waals surface area contributed by atoms with Gasteiger partial charge >= 0.3 is 0 Å². The molecule has 3 N–H and O–H groups in total. The van der Waals surface area contributed by atoms with Crippen LogP contribution in [0.15, 0.2) is 24.3 Å². The van der Waals surface area contributed by atoms with E-state index in [9.17, 15) is 9.18 Å². The van der Waals surface area contributed by atoms with Crippen molar-refractivity contribution in [1.82, 2.24) is 5.32 Å². The Hall–Kier alpha value is -1.42. The van der Waals surface area contributed by atoms with E-state index in [0.29, 0.717) is 6.42 Å². The van der Waals surface area contributed by atoms with Gasteiger partial charge in [0.25, 0.3) is 0 Å². The highest BCUT2D eigenvalue weighted by atomic mass is 19.1. The summed E-state index contributed by atoms with van der Waals surface area (Å²) in [6, 6.07) is 5.91. The number of hydrogen-bond donors (Lipinski definition) is 2. The van der Waals surface area contributed by atoms with E-state index in [0.717, 1.165) is 18.4 Å². The maximum absolute atomic E-state index is 12.8. The van der Waals surface area contributed by atoms with Crippen molar-refractivity contribution in [2.45, 2.75) is 45.2 Å². The summed E-state index contributed by atoms with van der Waals surface area (Å²) in [7, 11) is 0. The highest BCUT2D eigenvalue weighted by molar-refractivity contribution is 5.77. The first-order chi connectivity index (χ1) is 8.52. The molecule has 0 aliphatic rings. The van der Waals surface area contributed by atoms with Crippen LogP contribution in [0.2, 0.25) is 0 Å². The quantitative estimate of drug-likeness (QED) is 0.817. The third kappa shape index (κ3) is 4.84. The van der Waals surface area contributed by atoms with Crippen LogP contribution in [-0.4, -0.2) is 11.9 Å². The van der Waals surface area contributed by atoms with E-state index in [1.54, 1.807) is 12.1 Å². The second kappa shape index (κ2) is 7.11. The largest absolute Gasteiger partial charge is 0.350 e. The molecule has 0 aliphatic carbocycles. The molecule has 1 aromatic rings.